The van der Waals surface area contributed by atoms with Crippen molar-refractivity contribution in [2.24, 2.45) is 4.99 Å². The van der Waals surface area contributed by atoms with E-state index >= 15 is 0 Å². The molecule has 0 spiro atoms. The second-order valence-corrected chi connectivity index (χ2v) is 0.959. The molecule has 46 valence electrons. The molecule has 8 heavy (non-hydrogen) atoms. The molecule has 0 heterocycles. The summed E-state index contributed by atoms with van der Waals surface area (Å²) in [6, 6.07) is 0. The zero-order valence-electron chi connectivity index (χ0n) is 4.84. The molecule has 0 aliphatic heterocycles. The minimum absolute atomic E-state index is 0.630. The lowest BCUT2D eigenvalue weighted by Gasteiger charge is -1.91. The third kappa shape index (κ3) is 3.30. The Hall–Kier alpha value is -0.900. The van der Waals surface area contributed by atoms with Gasteiger partial charge < -0.3 is 4.84 Å². The Morgan fingerprint density at radius 3 is 2.88 bits per heavy atom. The Bertz CT molecular complexity index is 100. The number of carbonyl (C=O) groups excluding carboxylic acids is 1. The molecule has 0 aromatic rings. The number of hydrogen-bond acceptors (Lipinski definition) is 3. The molecule has 0 aromatic carbocycles. The van der Waals surface area contributed by atoms with Gasteiger partial charge in [-0.2, -0.15) is 10.5 Å². The molecule has 1 N–H and O–H groups in total. The van der Waals surface area contributed by atoms with Gasteiger partial charge in [-0.3, -0.25) is 0 Å². The first-order valence-corrected chi connectivity index (χ1v) is 2.17. The molecule has 0 aliphatic carbocycles. The van der Waals surface area contributed by atoms with E-state index in [0.29, 0.717) is 0 Å². The van der Waals surface area contributed by atoms with E-state index in [-0.39, 0.29) is 0 Å². The Morgan fingerprint density at radius 1 is 1.88 bits per heavy atom. The zero-order chi connectivity index (χ0) is 6.41. The van der Waals surface area contributed by atoms with Crippen LogP contribution >= 0.6 is 0 Å². The number of carbonyl (C=O) groups is 1. The zero-order valence-corrected chi connectivity index (χ0v) is 4.84. The summed E-state index contributed by atoms with van der Waals surface area (Å²) in [6.45, 7) is 1.64. The Kier molecular flexibility index (Phi) is 3.78. The molecule has 0 saturated carbocycles. The smallest absolute Gasteiger partial charge is 0.353 e. The first-order chi connectivity index (χ1) is 3.81. The van der Waals surface area contributed by atoms with Crippen LogP contribution in [0.5, 0.6) is 0 Å². The monoisotopic (exact) mass is 116 g/mol. The quantitative estimate of drug-likeness (QED) is 0.397. The molecule has 0 radical (unpaired) electrons. The van der Waals surface area contributed by atoms with Gasteiger partial charge >= 0.3 is 6.09 Å². The molecule has 0 aromatic heterocycles. The Labute approximate surface area is 47.5 Å². The summed E-state index contributed by atoms with van der Waals surface area (Å²) in [5, 5.41) is 0. The van der Waals surface area contributed by atoms with E-state index in [9.17, 15) is 4.79 Å². The van der Waals surface area contributed by atoms with Crippen LogP contribution < -0.4 is 5.48 Å². The fourth-order valence-electron chi connectivity index (χ4n) is 0.219. The molecule has 0 saturated heterocycles. The van der Waals surface area contributed by atoms with Crippen LogP contribution in [-0.4, -0.2) is 19.4 Å². The van der Waals surface area contributed by atoms with Gasteiger partial charge in [0.1, 0.15) is 0 Å². The number of nitrogens with one attached hydrogen (secondary N) is 1. The van der Waals surface area contributed by atoms with Crippen molar-refractivity contribution in [1.29, 1.82) is 0 Å². The lowest BCUT2D eigenvalue weighted by Crippen LogP contribution is -2.11. The molecule has 0 bridgehead atoms. The molecule has 0 rings (SSSR count). The lowest BCUT2D eigenvalue weighted by atomic mass is 10.9. The summed E-state index contributed by atoms with van der Waals surface area (Å²) < 4.78 is 0. The van der Waals surface area contributed by atoms with Crippen LogP contribution in [0.2, 0.25) is 0 Å². The van der Waals surface area contributed by atoms with Gasteiger partial charge in [0.25, 0.3) is 0 Å². The average molecular weight is 116 g/mol. The van der Waals surface area contributed by atoms with E-state index in [2.05, 4.69) is 15.3 Å². The van der Waals surface area contributed by atoms with Crippen molar-refractivity contribution in [1.82, 2.24) is 5.48 Å². The summed E-state index contributed by atoms with van der Waals surface area (Å²) in [7, 11) is 1.49. The molecular formula is C4H8N2O2. The number of hydroxylamine groups is 1. The first-order valence-electron chi connectivity index (χ1n) is 2.17. The molecule has 1 amide bonds. The maximum Gasteiger partial charge on any atom is 0.452 e. The minimum atomic E-state index is -0.630. The molecule has 0 atom stereocenters. The fourth-order valence-corrected chi connectivity index (χ4v) is 0.219. The Balaban J connectivity index is 3.33. The van der Waals surface area contributed by atoms with E-state index in [4.69, 9.17) is 0 Å². The average Bonchev–Trinajstić information content (AvgIpc) is 1.68. The maximum atomic E-state index is 10.2. The van der Waals surface area contributed by atoms with Crippen molar-refractivity contribution in [3.8, 4) is 0 Å². The molecule has 0 aliphatic rings. The van der Waals surface area contributed by atoms with Gasteiger partial charge in [-0.25, -0.2) is 4.79 Å². The van der Waals surface area contributed by atoms with E-state index in [0.717, 1.165) is 0 Å². The second-order valence-electron chi connectivity index (χ2n) is 0.959. The topological polar surface area (TPSA) is 50.7 Å². The lowest BCUT2D eigenvalue weighted by molar-refractivity contribution is 0.113. The number of amides is 1. The van der Waals surface area contributed by atoms with Gasteiger partial charge in [-0.15, -0.1) is 0 Å². The van der Waals surface area contributed by atoms with Crippen molar-refractivity contribution in [2.75, 3.05) is 7.05 Å². The van der Waals surface area contributed by atoms with E-state index < -0.39 is 6.09 Å². The van der Waals surface area contributed by atoms with Gasteiger partial charge in [-0.05, 0) is 6.92 Å². The Morgan fingerprint density at radius 2 is 2.50 bits per heavy atom. The predicted octanol–water partition coefficient (Wildman–Crippen LogP) is 0.348. The van der Waals surface area contributed by atoms with E-state index in [1.807, 2.05) is 0 Å². The van der Waals surface area contributed by atoms with Gasteiger partial charge in [0.2, 0.25) is 0 Å². The number of aliphatic imine (C=N–C) groups is 1. The molecular weight excluding hydrogens is 108 g/mol. The molecule has 0 unspecified atom stereocenters. The predicted molar refractivity (Wildman–Crippen MR) is 29.7 cm³/mol. The van der Waals surface area contributed by atoms with Crippen LogP contribution in [0, 0.1) is 0 Å². The van der Waals surface area contributed by atoms with Gasteiger partial charge in [0.05, 0.1) is 0 Å². The van der Waals surface area contributed by atoms with Gasteiger partial charge in [0, 0.05) is 13.3 Å². The van der Waals surface area contributed by atoms with Crippen molar-refractivity contribution in [2.45, 2.75) is 6.92 Å². The number of nitrogens with zero attached hydrogens (tertiary/aromatic N) is 1. The van der Waals surface area contributed by atoms with Crippen LogP contribution in [0.15, 0.2) is 4.99 Å². The van der Waals surface area contributed by atoms with Crippen molar-refractivity contribution in [3.05, 3.63) is 0 Å². The molecule has 4 nitrogen and oxygen atoms in total. The number of hydrogen-bond donors (Lipinski definition) is 1. The summed E-state index contributed by atoms with van der Waals surface area (Å²) >= 11 is 0. The summed E-state index contributed by atoms with van der Waals surface area (Å²) in [6.07, 6.45) is 0.731. The standard InChI is InChI=1S/C4H8N2O2/c1-3-6-4(7)8-5-2/h3,5H,1-2H3. The molecule has 0 fully saturated rings. The van der Waals surface area contributed by atoms with Crippen LogP contribution in [0.1, 0.15) is 6.92 Å². The SMILES string of the molecule is CC=NC(=O)ONC. The van der Waals surface area contributed by atoms with E-state index in [1.54, 1.807) is 6.92 Å². The number of rotatable bonds is 1. The normalized spacial score (nSPS) is 9.75. The van der Waals surface area contributed by atoms with E-state index in [1.165, 1.54) is 13.3 Å². The summed E-state index contributed by atoms with van der Waals surface area (Å²) in [5.74, 6) is 0. The van der Waals surface area contributed by atoms with Gasteiger partial charge in [0.15, 0.2) is 0 Å². The highest BCUT2D eigenvalue weighted by Gasteiger charge is 1.90. The van der Waals surface area contributed by atoms with Crippen LogP contribution in [0.4, 0.5) is 4.79 Å². The van der Waals surface area contributed by atoms with Crippen LogP contribution in [-0.2, 0) is 4.84 Å². The summed E-state index contributed by atoms with van der Waals surface area (Å²) in [4.78, 5) is 17.6. The highest BCUT2D eigenvalue weighted by Crippen LogP contribution is 1.74. The third-order valence-electron chi connectivity index (χ3n) is 0.424. The van der Waals surface area contributed by atoms with Crippen molar-refractivity contribution >= 4 is 12.3 Å². The highest BCUT2D eigenvalue weighted by molar-refractivity contribution is 5.77. The van der Waals surface area contributed by atoms with Crippen LogP contribution in [0.25, 0.3) is 0 Å². The maximum absolute atomic E-state index is 10.2. The van der Waals surface area contributed by atoms with Gasteiger partial charge in [-0.1, -0.05) is 0 Å². The minimum Gasteiger partial charge on any atom is -0.353 e. The highest BCUT2D eigenvalue weighted by atomic mass is 16.7. The molecule has 4 heteroatoms. The first kappa shape index (κ1) is 7.10. The largest absolute Gasteiger partial charge is 0.452 e. The fraction of sp³-hybridized carbons (Fsp3) is 0.500. The third-order valence-corrected chi connectivity index (χ3v) is 0.424. The van der Waals surface area contributed by atoms with Crippen molar-refractivity contribution in [3.63, 3.8) is 0 Å². The second kappa shape index (κ2) is 4.26. The van der Waals surface area contributed by atoms with Crippen molar-refractivity contribution < 1.29 is 9.63 Å². The summed E-state index contributed by atoms with van der Waals surface area (Å²) in [5.41, 5.74) is 2.19. The van der Waals surface area contributed by atoms with Crippen LogP contribution in [0.3, 0.4) is 0 Å².